The van der Waals surface area contributed by atoms with Gasteiger partial charge in [-0.2, -0.15) is 0 Å². The summed E-state index contributed by atoms with van der Waals surface area (Å²) in [5.41, 5.74) is 2.91. The number of nitrogens with zero attached hydrogens (tertiary/aromatic N) is 4. The molecule has 1 fully saturated rings. The third kappa shape index (κ3) is 3.98. The molecule has 1 saturated heterocycles. The number of carbonyl (C=O) groups is 1. The number of hydrogen-bond donors (Lipinski definition) is 0. The highest BCUT2D eigenvalue weighted by Crippen LogP contribution is 2.23. The zero-order valence-electron chi connectivity index (χ0n) is 16.0. The molecule has 5 nitrogen and oxygen atoms in total. The number of benzene rings is 2. The van der Waals surface area contributed by atoms with Crippen LogP contribution in [0.2, 0.25) is 0 Å². The molecule has 1 aromatic heterocycles. The molecule has 0 unspecified atom stereocenters. The van der Waals surface area contributed by atoms with E-state index in [1.54, 1.807) is 18.0 Å². The van der Waals surface area contributed by atoms with Crippen molar-refractivity contribution in [2.24, 2.45) is 0 Å². The summed E-state index contributed by atoms with van der Waals surface area (Å²) < 4.78 is 1.96. The Morgan fingerprint density at radius 1 is 0.964 bits per heavy atom. The summed E-state index contributed by atoms with van der Waals surface area (Å²) in [6.45, 7) is 4.17. The van der Waals surface area contributed by atoms with E-state index in [9.17, 15) is 4.79 Å². The fraction of sp³-hybridized carbons (Fsp3) is 0.273. The molecule has 1 aliphatic rings. The summed E-state index contributed by atoms with van der Waals surface area (Å²) in [4.78, 5) is 22.0. The monoisotopic (exact) mass is 392 g/mol. The molecule has 0 aliphatic carbocycles. The average Bonchev–Trinajstić information content (AvgIpc) is 3.19. The number of para-hydroxylation sites is 1. The van der Waals surface area contributed by atoms with Crippen molar-refractivity contribution in [1.29, 1.82) is 0 Å². The zero-order valence-corrected chi connectivity index (χ0v) is 16.8. The summed E-state index contributed by atoms with van der Waals surface area (Å²) in [5.74, 6) is 0.0519. The molecule has 0 N–H and O–H groups in total. The Bertz CT molecular complexity index is 918. The summed E-state index contributed by atoms with van der Waals surface area (Å²) in [6, 6.07) is 20.5. The van der Waals surface area contributed by atoms with Gasteiger partial charge in [-0.1, -0.05) is 60.3 Å². The van der Waals surface area contributed by atoms with Crippen LogP contribution in [-0.4, -0.2) is 57.7 Å². The van der Waals surface area contributed by atoms with Crippen molar-refractivity contribution in [2.75, 3.05) is 32.4 Å². The topological polar surface area (TPSA) is 41.4 Å². The molecule has 2 heterocycles. The van der Waals surface area contributed by atoms with Gasteiger partial charge < -0.3 is 4.90 Å². The van der Waals surface area contributed by atoms with Gasteiger partial charge in [0.25, 0.3) is 5.91 Å². The van der Waals surface area contributed by atoms with E-state index in [2.05, 4.69) is 34.1 Å². The molecule has 1 aliphatic heterocycles. The molecule has 28 heavy (non-hydrogen) atoms. The first-order valence-electron chi connectivity index (χ1n) is 9.49. The lowest BCUT2D eigenvalue weighted by atomic mass is 10.2. The summed E-state index contributed by atoms with van der Waals surface area (Å²) in [7, 11) is 0. The lowest BCUT2D eigenvalue weighted by Crippen LogP contribution is -2.48. The molecule has 0 saturated carbocycles. The van der Waals surface area contributed by atoms with Crippen LogP contribution in [0, 0.1) is 0 Å². The van der Waals surface area contributed by atoms with Crippen LogP contribution in [0.15, 0.2) is 72.0 Å². The van der Waals surface area contributed by atoms with Crippen LogP contribution in [0.3, 0.4) is 0 Å². The van der Waals surface area contributed by atoms with Gasteiger partial charge in [-0.05, 0) is 24.0 Å². The van der Waals surface area contributed by atoms with Crippen LogP contribution in [0.5, 0.6) is 0 Å². The number of hydrogen-bond acceptors (Lipinski definition) is 4. The van der Waals surface area contributed by atoms with E-state index in [1.807, 2.05) is 52.1 Å². The minimum atomic E-state index is 0.0519. The number of piperazine rings is 1. The molecule has 144 valence electrons. The molecule has 0 radical (unpaired) electrons. The second-order valence-electron chi connectivity index (χ2n) is 6.86. The number of carbonyl (C=O) groups excluding carboxylic acids is 1. The third-order valence-electron chi connectivity index (χ3n) is 5.05. The van der Waals surface area contributed by atoms with E-state index in [1.165, 1.54) is 5.56 Å². The summed E-state index contributed by atoms with van der Waals surface area (Å²) >= 11 is 1.55. The number of aromatic nitrogens is 2. The van der Waals surface area contributed by atoms with E-state index in [0.717, 1.165) is 43.6 Å². The second kappa shape index (κ2) is 8.63. The largest absolute Gasteiger partial charge is 0.335 e. The van der Waals surface area contributed by atoms with Crippen LogP contribution in [0.4, 0.5) is 0 Å². The molecule has 0 spiro atoms. The minimum absolute atomic E-state index is 0.0519. The van der Waals surface area contributed by atoms with Gasteiger partial charge in [-0.25, -0.2) is 4.98 Å². The molecule has 3 aromatic rings. The van der Waals surface area contributed by atoms with Gasteiger partial charge in [-0.15, -0.1) is 0 Å². The van der Waals surface area contributed by atoms with Gasteiger partial charge in [-0.3, -0.25) is 14.3 Å². The molecular formula is C22H24N4OS. The molecule has 4 rings (SSSR count). The van der Waals surface area contributed by atoms with Gasteiger partial charge >= 0.3 is 0 Å². The Balaban J connectivity index is 1.47. The molecular weight excluding hydrogens is 368 g/mol. The predicted octanol–water partition coefficient (Wildman–Crippen LogP) is 3.55. The summed E-state index contributed by atoms with van der Waals surface area (Å²) in [6.07, 6.45) is 3.69. The Morgan fingerprint density at radius 3 is 2.25 bits per heavy atom. The highest BCUT2D eigenvalue weighted by molar-refractivity contribution is 7.98. The number of rotatable bonds is 5. The molecule has 2 aromatic carbocycles. The van der Waals surface area contributed by atoms with Crippen molar-refractivity contribution < 1.29 is 4.79 Å². The lowest BCUT2D eigenvalue weighted by Gasteiger charge is -2.34. The normalized spacial score (nSPS) is 15.0. The maximum atomic E-state index is 13.2. The first kappa shape index (κ1) is 18.8. The van der Waals surface area contributed by atoms with Crippen LogP contribution in [0.25, 0.3) is 5.69 Å². The van der Waals surface area contributed by atoms with Crippen molar-refractivity contribution in [2.45, 2.75) is 11.7 Å². The molecule has 0 atom stereocenters. The van der Waals surface area contributed by atoms with Gasteiger partial charge in [0.05, 0.1) is 6.20 Å². The first-order valence-corrected chi connectivity index (χ1v) is 10.7. The SMILES string of the molecule is CSc1ncc(C(=O)N2CCN(Cc3ccccc3)CC2)n1-c1ccccc1. The van der Waals surface area contributed by atoms with Crippen molar-refractivity contribution in [3.05, 3.63) is 78.1 Å². The highest BCUT2D eigenvalue weighted by atomic mass is 32.2. The second-order valence-corrected chi connectivity index (χ2v) is 7.63. The van der Waals surface area contributed by atoms with E-state index in [-0.39, 0.29) is 5.91 Å². The third-order valence-corrected chi connectivity index (χ3v) is 5.71. The van der Waals surface area contributed by atoms with Crippen LogP contribution in [0.1, 0.15) is 16.1 Å². The zero-order chi connectivity index (χ0) is 19.3. The van der Waals surface area contributed by atoms with Crippen molar-refractivity contribution >= 4 is 17.7 Å². The maximum absolute atomic E-state index is 13.2. The fourth-order valence-electron chi connectivity index (χ4n) is 3.57. The molecule has 1 amide bonds. The van der Waals surface area contributed by atoms with Gasteiger partial charge in [0, 0.05) is 38.4 Å². The van der Waals surface area contributed by atoms with Crippen molar-refractivity contribution in [1.82, 2.24) is 19.4 Å². The predicted molar refractivity (Wildman–Crippen MR) is 113 cm³/mol. The Kier molecular flexibility index (Phi) is 5.78. The number of imidazole rings is 1. The van der Waals surface area contributed by atoms with E-state index < -0.39 is 0 Å². The van der Waals surface area contributed by atoms with E-state index >= 15 is 0 Å². The van der Waals surface area contributed by atoms with Crippen LogP contribution in [-0.2, 0) is 6.54 Å². The smallest absolute Gasteiger partial charge is 0.272 e. The van der Waals surface area contributed by atoms with Crippen LogP contribution >= 0.6 is 11.8 Å². The number of thioether (sulfide) groups is 1. The van der Waals surface area contributed by atoms with Crippen LogP contribution < -0.4 is 0 Å². The van der Waals surface area contributed by atoms with Crippen molar-refractivity contribution in [3.63, 3.8) is 0 Å². The Labute approximate surface area is 170 Å². The molecule has 6 heteroatoms. The Morgan fingerprint density at radius 2 is 1.61 bits per heavy atom. The maximum Gasteiger partial charge on any atom is 0.272 e. The van der Waals surface area contributed by atoms with Gasteiger partial charge in [0.1, 0.15) is 5.69 Å². The fourth-order valence-corrected chi connectivity index (χ4v) is 4.11. The standard InChI is InChI=1S/C22H24N4OS/c1-28-22-23-16-20(26(22)19-10-6-3-7-11-19)21(27)25-14-12-24(13-15-25)17-18-8-4-2-5-9-18/h2-11,16H,12-15,17H2,1H3. The van der Waals surface area contributed by atoms with E-state index in [4.69, 9.17) is 0 Å². The van der Waals surface area contributed by atoms with Gasteiger partial charge in [0.2, 0.25) is 0 Å². The highest BCUT2D eigenvalue weighted by Gasteiger charge is 2.26. The quantitative estimate of drug-likeness (QED) is 0.623. The minimum Gasteiger partial charge on any atom is -0.335 e. The number of amides is 1. The molecule has 0 bridgehead atoms. The summed E-state index contributed by atoms with van der Waals surface area (Å²) in [5, 5.41) is 0.831. The van der Waals surface area contributed by atoms with Gasteiger partial charge in [0.15, 0.2) is 5.16 Å². The van der Waals surface area contributed by atoms with Crippen molar-refractivity contribution in [3.8, 4) is 5.69 Å². The lowest BCUT2D eigenvalue weighted by molar-refractivity contribution is 0.0620. The average molecular weight is 393 g/mol. The van der Waals surface area contributed by atoms with E-state index in [0.29, 0.717) is 5.69 Å². The first-order chi connectivity index (χ1) is 13.8. The Hall–Kier alpha value is -2.57.